The molecule has 8 nitrogen and oxygen atoms in total. The molecule has 0 unspecified atom stereocenters. The Hall–Kier alpha value is -1.67. The van der Waals surface area contributed by atoms with Crippen molar-refractivity contribution in [2.45, 2.75) is 32.2 Å². The zero-order valence-electron chi connectivity index (χ0n) is 14.2. The number of hydrogen-bond acceptors (Lipinski definition) is 6. The van der Waals surface area contributed by atoms with E-state index in [1.165, 1.54) is 0 Å². The van der Waals surface area contributed by atoms with Gasteiger partial charge in [-0.1, -0.05) is 5.16 Å². The summed E-state index contributed by atoms with van der Waals surface area (Å²) in [4.78, 5) is 20.9. The van der Waals surface area contributed by atoms with Gasteiger partial charge in [0.1, 0.15) is 0 Å². The first kappa shape index (κ1) is 17.7. The van der Waals surface area contributed by atoms with Crippen molar-refractivity contribution < 1.29 is 14.1 Å². The number of urea groups is 1. The van der Waals surface area contributed by atoms with Crippen molar-refractivity contribution in [1.29, 1.82) is 0 Å². The first-order valence-electron chi connectivity index (χ1n) is 8.11. The molecule has 1 aromatic rings. The number of hydrogen-bond donors (Lipinski definition) is 1. The highest BCUT2D eigenvalue weighted by Crippen LogP contribution is 2.16. The number of aryl methyl sites for hydroxylation is 1. The number of rotatable bonds is 7. The number of likely N-dealkylation sites (tertiary alicyclic amines) is 1. The van der Waals surface area contributed by atoms with E-state index in [0.29, 0.717) is 37.8 Å². The fourth-order valence-corrected chi connectivity index (χ4v) is 2.78. The van der Waals surface area contributed by atoms with E-state index < -0.39 is 0 Å². The van der Waals surface area contributed by atoms with Gasteiger partial charge in [0.05, 0.1) is 6.61 Å². The zero-order chi connectivity index (χ0) is 16.7. The van der Waals surface area contributed by atoms with Crippen LogP contribution in [-0.4, -0.2) is 79.0 Å². The molecule has 2 amide bonds. The Morgan fingerprint density at radius 2 is 2.22 bits per heavy atom. The van der Waals surface area contributed by atoms with Crippen molar-refractivity contribution in [1.82, 2.24) is 25.3 Å². The summed E-state index contributed by atoms with van der Waals surface area (Å²) in [6, 6.07) is 0.207. The Morgan fingerprint density at radius 1 is 1.48 bits per heavy atom. The highest BCUT2D eigenvalue weighted by atomic mass is 16.5. The maximum absolute atomic E-state index is 12.5. The third-order valence-corrected chi connectivity index (χ3v) is 4.12. The van der Waals surface area contributed by atoms with E-state index in [2.05, 4.69) is 27.4 Å². The summed E-state index contributed by atoms with van der Waals surface area (Å²) in [6.07, 6.45) is 2.57. The van der Waals surface area contributed by atoms with Crippen LogP contribution in [-0.2, 0) is 11.2 Å². The lowest BCUT2D eigenvalue weighted by atomic mass is 10.0. The molecule has 0 bridgehead atoms. The van der Waals surface area contributed by atoms with Gasteiger partial charge in [-0.3, -0.25) is 0 Å². The third-order valence-electron chi connectivity index (χ3n) is 4.12. The van der Waals surface area contributed by atoms with Gasteiger partial charge in [-0.2, -0.15) is 4.98 Å². The Labute approximate surface area is 137 Å². The predicted molar refractivity (Wildman–Crippen MR) is 85.2 cm³/mol. The van der Waals surface area contributed by atoms with E-state index in [1.54, 1.807) is 14.0 Å². The number of methoxy groups -OCH3 is 1. The van der Waals surface area contributed by atoms with Crippen LogP contribution in [0.3, 0.4) is 0 Å². The van der Waals surface area contributed by atoms with Gasteiger partial charge in [0.2, 0.25) is 5.89 Å². The van der Waals surface area contributed by atoms with Crippen molar-refractivity contribution in [3.63, 3.8) is 0 Å². The molecule has 1 fully saturated rings. The monoisotopic (exact) mass is 325 g/mol. The first-order valence-corrected chi connectivity index (χ1v) is 8.11. The fourth-order valence-electron chi connectivity index (χ4n) is 2.78. The second-order valence-electron chi connectivity index (χ2n) is 5.93. The van der Waals surface area contributed by atoms with Gasteiger partial charge < -0.3 is 24.4 Å². The molecule has 0 atom stereocenters. The Bertz CT molecular complexity index is 485. The average Bonchev–Trinajstić information content (AvgIpc) is 2.95. The molecule has 0 saturated carbocycles. The van der Waals surface area contributed by atoms with E-state index in [-0.39, 0.29) is 12.1 Å². The number of nitrogens with one attached hydrogen (secondary N) is 1. The molecule has 0 aromatic carbocycles. The van der Waals surface area contributed by atoms with Crippen molar-refractivity contribution >= 4 is 6.03 Å². The molecule has 1 aromatic heterocycles. The molecule has 1 aliphatic rings. The summed E-state index contributed by atoms with van der Waals surface area (Å²) in [5.41, 5.74) is 0. The molecule has 0 radical (unpaired) electrons. The molecule has 2 rings (SSSR count). The van der Waals surface area contributed by atoms with Gasteiger partial charge in [-0.15, -0.1) is 0 Å². The number of nitrogens with zero attached hydrogens (tertiary/aromatic N) is 4. The lowest BCUT2D eigenvalue weighted by Gasteiger charge is -2.37. The van der Waals surface area contributed by atoms with Crippen molar-refractivity contribution in [3.05, 3.63) is 11.7 Å². The van der Waals surface area contributed by atoms with Crippen LogP contribution in [0, 0.1) is 6.92 Å². The number of ether oxygens (including phenoxy) is 1. The van der Waals surface area contributed by atoms with E-state index in [1.807, 2.05) is 4.90 Å². The fraction of sp³-hybridized carbons (Fsp3) is 0.800. The van der Waals surface area contributed by atoms with Crippen LogP contribution in [0.25, 0.3) is 0 Å². The molecule has 23 heavy (non-hydrogen) atoms. The van der Waals surface area contributed by atoms with Crippen molar-refractivity contribution in [2.75, 3.05) is 46.9 Å². The summed E-state index contributed by atoms with van der Waals surface area (Å²) in [5.74, 6) is 1.19. The van der Waals surface area contributed by atoms with Gasteiger partial charge >= 0.3 is 6.03 Å². The summed E-state index contributed by atoms with van der Waals surface area (Å²) in [5, 5.41) is 6.82. The Morgan fingerprint density at radius 3 is 2.83 bits per heavy atom. The number of piperidine rings is 1. The van der Waals surface area contributed by atoms with Gasteiger partial charge in [-0.25, -0.2) is 4.79 Å². The van der Waals surface area contributed by atoms with Gasteiger partial charge in [0, 0.05) is 39.6 Å². The Kier molecular flexibility index (Phi) is 6.79. The lowest BCUT2D eigenvalue weighted by Crippen LogP contribution is -2.51. The second-order valence-corrected chi connectivity index (χ2v) is 5.93. The average molecular weight is 325 g/mol. The quantitative estimate of drug-likeness (QED) is 0.742. The second kappa shape index (κ2) is 8.83. The van der Waals surface area contributed by atoms with Crippen molar-refractivity contribution in [2.24, 2.45) is 0 Å². The van der Waals surface area contributed by atoms with Crippen LogP contribution in [0.2, 0.25) is 0 Å². The molecular weight excluding hydrogens is 298 g/mol. The van der Waals surface area contributed by atoms with Crippen LogP contribution < -0.4 is 5.32 Å². The molecular formula is C15H27N5O3. The largest absolute Gasteiger partial charge is 0.383 e. The molecule has 2 heterocycles. The summed E-state index contributed by atoms with van der Waals surface area (Å²) in [6.45, 7) is 5.40. The zero-order valence-corrected chi connectivity index (χ0v) is 14.2. The summed E-state index contributed by atoms with van der Waals surface area (Å²) in [7, 11) is 3.74. The van der Waals surface area contributed by atoms with Gasteiger partial charge in [0.15, 0.2) is 5.82 Å². The standard InChI is InChI=1S/C15H27N5O3/c1-12-17-14(18-23-12)6-10-20(15(21)16-7-11-22-3)13-4-8-19(2)9-5-13/h13H,4-11H2,1-3H3,(H,16,21). The first-order chi connectivity index (χ1) is 11.1. The predicted octanol–water partition coefficient (Wildman–Crippen LogP) is 0.673. The number of amides is 2. The van der Waals surface area contributed by atoms with Crippen LogP contribution in [0.1, 0.15) is 24.6 Å². The normalized spacial score (nSPS) is 16.5. The summed E-state index contributed by atoms with van der Waals surface area (Å²) >= 11 is 0. The Balaban J connectivity index is 1.93. The maximum atomic E-state index is 12.5. The van der Waals surface area contributed by atoms with E-state index in [9.17, 15) is 4.79 Å². The SMILES string of the molecule is COCCNC(=O)N(CCc1noc(C)n1)C1CCN(C)CC1. The highest BCUT2D eigenvalue weighted by Gasteiger charge is 2.27. The minimum Gasteiger partial charge on any atom is -0.383 e. The summed E-state index contributed by atoms with van der Waals surface area (Å²) < 4.78 is 9.98. The minimum absolute atomic E-state index is 0.0446. The van der Waals surface area contributed by atoms with Gasteiger partial charge in [-0.05, 0) is 33.0 Å². The van der Waals surface area contributed by atoms with Gasteiger partial charge in [0.25, 0.3) is 0 Å². The van der Waals surface area contributed by atoms with Crippen LogP contribution >= 0.6 is 0 Å². The number of aromatic nitrogens is 2. The van der Waals surface area contributed by atoms with E-state index >= 15 is 0 Å². The number of carbonyl (C=O) groups excluding carboxylic acids is 1. The van der Waals surface area contributed by atoms with E-state index in [0.717, 1.165) is 25.9 Å². The van der Waals surface area contributed by atoms with Crippen LogP contribution in [0.4, 0.5) is 4.79 Å². The smallest absolute Gasteiger partial charge is 0.317 e. The molecule has 8 heteroatoms. The topological polar surface area (TPSA) is 83.7 Å². The van der Waals surface area contributed by atoms with Crippen LogP contribution in [0.5, 0.6) is 0 Å². The highest BCUT2D eigenvalue weighted by molar-refractivity contribution is 5.74. The van der Waals surface area contributed by atoms with Crippen molar-refractivity contribution in [3.8, 4) is 0 Å². The molecule has 1 aliphatic heterocycles. The minimum atomic E-state index is -0.0446. The maximum Gasteiger partial charge on any atom is 0.317 e. The molecule has 1 N–H and O–H groups in total. The molecule has 0 aliphatic carbocycles. The molecule has 1 saturated heterocycles. The lowest BCUT2D eigenvalue weighted by molar-refractivity contribution is 0.128. The molecule has 0 spiro atoms. The van der Waals surface area contributed by atoms with E-state index in [4.69, 9.17) is 9.26 Å². The molecule has 130 valence electrons. The van der Waals surface area contributed by atoms with Crippen LogP contribution in [0.15, 0.2) is 4.52 Å². The third kappa shape index (κ3) is 5.47. The number of carbonyl (C=O) groups is 1.